The van der Waals surface area contributed by atoms with Crippen molar-refractivity contribution in [2.24, 2.45) is 23.2 Å². The fourth-order valence-corrected chi connectivity index (χ4v) is 4.83. The number of carboxylic acid groups (broad SMARTS) is 1. The summed E-state index contributed by atoms with van der Waals surface area (Å²) in [4.78, 5) is 24.4. The van der Waals surface area contributed by atoms with Crippen LogP contribution in [0.5, 0.6) is 0 Å². The topological polar surface area (TPSA) is 80.4 Å². The average Bonchev–Trinajstić information content (AvgIpc) is 3.75. The molecule has 0 amide bonds. The summed E-state index contributed by atoms with van der Waals surface area (Å²) in [6, 6.07) is 8.61. The van der Waals surface area contributed by atoms with Crippen molar-refractivity contribution in [3.8, 4) is 11.3 Å². The molecule has 58 heavy (non-hydrogen) atoms. The fraction of sp³-hybridized carbons (Fsp3) is 0.667. The maximum absolute atomic E-state index is 13.7. The number of carbonyl (C=O) groups is 2. The lowest BCUT2D eigenvalue weighted by Crippen LogP contribution is -2.15. The van der Waals surface area contributed by atoms with Crippen molar-refractivity contribution < 1.29 is 23.5 Å². The van der Waals surface area contributed by atoms with Gasteiger partial charge in [-0.1, -0.05) is 180 Å². The number of rotatable bonds is 7. The fourth-order valence-electron chi connectivity index (χ4n) is 4.71. The van der Waals surface area contributed by atoms with E-state index in [2.05, 4.69) is 94.6 Å². The van der Waals surface area contributed by atoms with E-state index >= 15 is 0 Å². The number of hydrogen-bond donors (Lipinski definition) is 1. The van der Waals surface area contributed by atoms with Crippen LogP contribution < -0.4 is 0 Å². The minimum atomic E-state index is -0.611. The monoisotopic (exact) mass is 836 g/mol. The van der Waals surface area contributed by atoms with Crippen molar-refractivity contribution in [3.63, 3.8) is 0 Å². The minimum absolute atomic E-state index is 0. The van der Waals surface area contributed by atoms with Crippen LogP contribution in [0.4, 0.5) is 4.39 Å². The van der Waals surface area contributed by atoms with E-state index in [1.807, 2.05) is 53.7 Å². The molecule has 1 fully saturated rings. The normalized spacial score (nSPS) is 13.7. The molecule has 2 unspecified atom stereocenters. The molecule has 2 atom stereocenters. The van der Waals surface area contributed by atoms with Crippen LogP contribution >= 0.6 is 11.6 Å². The highest BCUT2D eigenvalue weighted by Gasteiger charge is 2.29. The molecule has 0 spiro atoms. The van der Waals surface area contributed by atoms with Crippen LogP contribution in [0.15, 0.2) is 47.4 Å². The van der Waals surface area contributed by atoms with Crippen LogP contribution in [0.25, 0.3) is 22.4 Å². The molecule has 338 valence electrons. The van der Waals surface area contributed by atoms with E-state index in [1.165, 1.54) is 38.2 Å². The summed E-state index contributed by atoms with van der Waals surface area (Å²) in [7, 11) is 0. The second kappa shape index (κ2) is 37.0. The molecule has 7 heteroatoms. The molecule has 2 heterocycles. The largest absolute Gasteiger partial charge is 0.481 e. The number of benzene rings is 1. The van der Waals surface area contributed by atoms with Crippen molar-refractivity contribution in [1.82, 2.24) is 4.98 Å². The van der Waals surface area contributed by atoms with Gasteiger partial charge >= 0.3 is 5.97 Å². The van der Waals surface area contributed by atoms with Gasteiger partial charge in [0, 0.05) is 23.6 Å². The summed E-state index contributed by atoms with van der Waals surface area (Å²) in [6.45, 7) is 41.5. The van der Waals surface area contributed by atoms with Crippen molar-refractivity contribution in [1.29, 1.82) is 0 Å². The van der Waals surface area contributed by atoms with E-state index < -0.39 is 11.8 Å². The van der Waals surface area contributed by atoms with E-state index in [0.29, 0.717) is 29.0 Å². The highest BCUT2D eigenvalue weighted by atomic mass is 35.5. The lowest BCUT2D eigenvalue weighted by Gasteiger charge is -2.20. The van der Waals surface area contributed by atoms with Gasteiger partial charge in [-0.2, -0.15) is 0 Å². The molecule has 1 saturated carbocycles. The third-order valence-electron chi connectivity index (χ3n) is 8.64. The Hall–Kier alpha value is -2.99. The number of furan rings is 1. The maximum atomic E-state index is 13.7. The van der Waals surface area contributed by atoms with Crippen LogP contribution in [0.2, 0.25) is 5.02 Å². The lowest BCUT2D eigenvalue weighted by atomic mass is 9.86. The zero-order chi connectivity index (χ0) is 45.4. The Kier molecular flexibility index (Phi) is 41.0. The number of aliphatic carboxylic acids is 1. The molecule has 0 radical (unpaired) electrons. The number of aromatic nitrogens is 1. The highest BCUT2D eigenvalue weighted by Crippen LogP contribution is 2.35. The van der Waals surface area contributed by atoms with Gasteiger partial charge in [-0.05, 0) is 74.0 Å². The highest BCUT2D eigenvalue weighted by molar-refractivity contribution is 6.30. The van der Waals surface area contributed by atoms with Gasteiger partial charge in [0.2, 0.25) is 0 Å². The van der Waals surface area contributed by atoms with E-state index in [-0.39, 0.29) is 23.8 Å². The quantitative estimate of drug-likeness (QED) is 0.189. The van der Waals surface area contributed by atoms with Crippen molar-refractivity contribution >= 4 is 35.0 Å². The molecule has 1 aromatic carbocycles. The number of carboxylic acids is 1. The smallest absolute Gasteiger partial charge is 0.306 e. The van der Waals surface area contributed by atoms with Gasteiger partial charge in [-0.25, -0.2) is 9.37 Å². The summed E-state index contributed by atoms with van der Waals surface area (Å²) in [5.74, 6) is 1.01. The number of halogens is 2. The number of allylic oxidation sites excluding steroid dienone is 1. The average molecular weight is 837 g/mol. The van der Waals surface area contributed by atoms with E-state index in [9.17, 15) is 14.0 Å². The Morgan fingerprint density at radius 1 is 0.983 bits per heavy atom. The summed E-state index contributed by atoms with van der Waals surface area (Å²) in [6.07, 6.45) is 14.1. The number of fused-ring (bicyclic) bond motifs is 1. The number of pyridine rings is 1. The molecule has 4 rings (SSSR count). The molecule has 0 aliphatic heterocycles. The maximum Gasteiger partial charge on any atom is 0.306 e. The predicted molar refractivity (Wildman–Crippen MR) is 257 cm³/mol. The van der Waals surface area contributed by atoms with Gasteiger partial charge in [0.05, 0.1) is 16.6 Å². The van der Waals surface area contributed by atoms with E-state index in [1.54, 1.807) is 18.2 Å². The Balaban J connectivity index is -0.000000217. The molecule has 3 aromatic rings. The van der Waals surface area contributed by atoms with Crippen molar-refractivity contribution in [2.45, 2.75) is 202 Å². The number of aryl methyl sites for hydroxylation is 1. The van der Waals surface area contributed by atoms with Crippen LogP contribution in [-0.4, -0.2) is 22.3 Å². The standard InChI is InChI=1S/C18H17ClFNO.C7H12O2.2C6H14.C4H8O.C4H10.C3H6.C2H6.CH4/c1-10-7-16-17(22-10)12(18(2,3)4)9-15(21-16)11-5-6-13(19)14(20)8-11;1-5-3-2-4-6(5)7(8)9;1-5-6(2,3)4;1-4-5-6(2)3;1-2-3-4-5;1-3-4-2;1-3-2;1-2;/h5-9H,1-4H3;5-6H,2-4H2,1H3,(H,8,9);5H2,1-4H3;6H,4-5H2,1-3H3;4H,2-3H2,1H3;3-4H2,1-2H3;3H,1H2,2H3;1-2H3;1H4. The number of nitrogens with zero attached hydrogens (tertiary/aromatic N) is 1. The Morgan fingerprint density at radius 2 is 1.50 bits per heavy atom. The molecule has 2 aromatic heterocycles. The van der Waals surface area contributed by atoms with Gasteiger partial charge < -0.3 is 14.3 Å². The molecule has 0 saturated heterocycles. The first-order valence-corrected chi connectivity index (χ1v) is 22.0. The molecule has 5 nitrogen and oxygen atoms in total. The van der Waals surface area contributed by atoms with Gasteiger partial charge in [0.25, 0.3) is 0 Å². The molecule has 0 bridgehead atoms. The zero-order valence-electron chi connectivity index (χ0n) is 39.9. The Morgan fingerprint density at radius 3 is 1.78 bits per heavy atom. The van der Waals surface area contributed by atoms with Crippen LogP contribution in [0.1, 0.15) is 201 Å². The minimum Gasteiger partial charge on any atom is -0.481 e. The zero-order valence-corrected chi connectivity index (χ0v) is 40.7. The van der Waals surface area contributed by atoms with Crippen molar-refractivity contribution in [2.75, 3.05) is 0 Å². The lowest BCUT2D eigenvalue weighted by molar-refractivity contribution is -0.142. The second-order valence-electron chi connectivity index (χ2n) is 16.8. The number of unbranched alkanes of at least 4 members (excludes halogenated alkanes) is 2. The van der Waals surface area contributed by atoms with E-state index in [4.69, 9.17) is 21.1 Å². The third kappa shape index (κ3) is 31.9. The molecule has 1 N–H and O–H groups in total. The number of hydrogen-bond acceptors (Lipinski definition) is 4. The Bertz CT molecular complexity index is 1450. The first-order chi connectivity index (χ1) is 26.5. The van der Waals surface area contributed by atoms with Gasteiger partial charge in [0.15, 0.2) is 5.58 Å². The summed E-state index contributed by atoms with van der Waals surface area (Å²) >= 11 is 5.76. The van der Waals surface area contributed by atoms with Gasteiger partial charge in [-0.3, -0.25) is 4.79 Å². The van der Waals surface area contributed by atoms with Crippen LogP contribution in [0, 0.1) is 35.9 Å². The van der Waals surface area contributed by atoms with Gasteiger partial charge in [-0.15, -0.1) is 6.58 Å². The second-order valence-corrected chi connectivity index (χ2v) is 17.2. The predicted octanol–water partition coefficient (Wildman–Crippen LogP) is 17.9. The molecule has 1 aliphatic rings. The third-order valence-corrected chi connectivity index (χ3v) is 8.94. The summed E-state index contributed by atoms with van der Waals surface area (Å²) in [5.41, 5.74) is 4.49. The number of carbonyl (C=O) groups excluding carboxylic acids is 1. The molecular formula is C51H91ClFNO4. The van der Waals surface area contributed by atoms with E-state index in [0.717, 1.165) is 60.3 Å². The first kappa shape index (κ1) is 64.2. The van der Waals surface area contributed by atoms with Crippen LogP contribution in [0.3, 0.4) is 0 Å². The Labute approximate surface area is 363 Å². The molecule has 1 aliphatic carbocycles. The van der Waals surface area contributed by atoms with Gasteiger partial charge in [0.1, 0.15) is 23.4 Å². The first-order valence-electron chi connectivity index (χ1n) is 21.7. The summed E-state index contributed by atoms with van der Waals surface area (Å²) < 4.78 is 19.5. The van der Waals surface area contributed by atoms with Crippen LogP contribution in [-0.2, 0) is 15.0 Å². The molecular weight excluding hydrogens is 745 g/mol. The van der Waals surface area contributed by atoms with Crippen molar-refractivity contribution in [3.05, 3.63) is 65.2 Å². The summed E-state index contributed by atoms with van der Waals surface area (Å²) in [5, 5.41) is 8.69. The SMILES string of the molecule is C.C=CC.CC.CC1CCCC1C(=O)O.CCC(C)(C)C.CCCC.CCCC(C)C.CCCC=O.Cc1cc2nc(-c3ccc(Cl)c(F)c3)cc(C(C)(C)C)c2o1. The number of aldehydes is 1.